The second-order valence-electron chi connectivity index (χ2n) is 6.18. The summed E-state index contributed by atoms with van der Waals surface area (Å²) in [4.78, 5) is 32.5. The highest BCUT2D eigenvalue weighted by Crippen LogP contribution is 2.23. The van der Waals surface area contributed by atoms with Crippen molar-refractivity contribution in [3.05, 3.63) is 59.1 Å². The molecule has 2 amide bonds. The van der Waals surface area contributed by atoms with E-state index in [1.807, 2.05) is 43.3 Å². The largest absolute Gasteiger partial charge is 0.369 e. The van der Waals surface area contributed by atoms with Crippen molar-refractivity contribution >= 4 is 46.7 Å². The van der Waals surface area contributed by atoms with Gasteiger partial charge in [0.2, 0.25) is 17.8 Å². The van der Waals surface area contributed by atoms with Crippen LogP contribution in [0.4, 0.5) is 11.4 Å². The number of nitrogens with two attached hydrogens (primary N) is 1. The van der Waals surface area contributed by atoms with Crippen LogP contribution in [0.25, 0.3) is 0 Å². The first-order chi connectivity index (χ1) is 13.4. The van der Waals surface area contributed by atoms with Crippen LogP contribution in [0.3, 0.4) is 0 Å². The fourth-order valence-electron chi connectivity index (χ4n) is 2.54. The van der Waals surface area contributed by atoms with Gasteiger partial charge in [-0.05, 0) is 36.8 Å². The number of carbonyl (C=O) groups is 2. The molecule has 28 heavy (non-hydrogen) atoms. The highest BCUT2D eigenvalue weighted by molar-refractivity contribution is 6.33. The average Bonchev–Trinajstić information content (AvgIpc) is 2.97. The Balaban J connectivity index is 1.61. The van der Waals surface area contributed by atoms with Gasteiger partial charge in [-0.1, -0.05) is 35.9 Å². The van der Waals surface area contributed by atoms with Gasteiger partial charge in [0.1, 0.15) is 6.04 Å². The Bertz CT molecular complexity index is 958. The molecule has 0 saturated heterocycles. The molecule has 1 heterocycles. The Labute approximate surface area is 166 Å². The quantitative estimate of drug-likeness (QED) is 0.466. The van der Waals surface area contributed by atoms with Crippen LogP contribution in [0.15, 0.2) is 58.5 Å². The number of benzene rings is 2. The minimum atomic E-state index is -0.882. The van der Waals surface area contributed by atoms with E-state index in [9.17, 15) is 9.59 Å². The number of halogens is 1. The molecule has 2 aromatic carbocycles. The van der Waals surface area contributed by atoms with Crippen molar-refractivity contribution in [1.82, 2.24) is 5.32 Å². The maximum atomic E-state index is 12.2. The summed E-state index contributed by atoms with van der Waals surface area (Å²) in [6, 6.07) is 13.6. The van der Waals surface area contributed by atoms with E-state index in [1.165, 1.54) is 0 Å². The lowest BCUT2D eigenvalue weighted by Gasteiger charge is -2.09. The summed E-state index contributed by atoms with van der Waals surface area (Å²) >= 11 is 6.11. The summed E-state index contributed by atoms with van der Waals surface area (Å²) < 4.78 is 0. The first-order valence-corrected chi connectivity index (χ1v) is 8.89. The van der Waals surface area contributed by atoms with Crippen molar-refractivity contribution in [2.75, 3.05) is 10.6 Å². The molecule has 1 aliphatic rings. The molecule has 0 unspecified atom stereocenters. The highest BCUT2D eigenvalue weighted by atomic mass is 35.5. The zero-order valence-electron chi connectivity index (χ0n) is 15.1. The minimum Gasteiger partial charge on any atom is -0.369 e. The van der Waals surface area contributed by atoms with Gasteiger partial charge in [-0.15, -0.1) is 0 Å². The lowest BCUT2D eigenvalue weighted by atomic mass is 10.2. The molecule has 0 saturated carbocycles. The van der Waals surface area contributed by atoms with E-state index in [2.05, 4.69) is 25.9 Å². The lowest BCUT2D eigenvalue weighted by molar-refractivity contribution is -0.123. The second-order valence-corrected chi connectivity index (χ2v) is 6.59. The maximum Gasteiger partial charge on any atom is 0.252 e. The molecule has 1 atom stereocenters. The predicted molar refractivity (Wildman–Crippen MR) is 110 cm³/mol. The van der Waals surface area contributed by atoms with Crippen LogP contribution in [-0.4, -0.2) is 29.8 Å². The number of amides is 2. The van der Waals surface area contributed by atoms with Crippen molar-refractivity contribution in [2.45, 2.75) is 19.4 Å². The fraction of sp³-hybridized carbons (Fsp3) is 0.158. The van der Waals surface area contributed by atoms with Crippen LogP contribution >= 0.6 is 11.6 Å². The molecule has 0 spiro atoms. The van der Waals surface area contributed by atoms with Crippen LogP contribution in [0.1, 0.15) is 12.0 Å². The Morgan fingerprint density at radius 2 is 2.00 bits per heavy atom. The van der Waals surface area contributed by atoms with Crippen LogP contribution in [0.2, 0.25) is 5.02 Å². The van der Waals surface area contributed by atoms with E-state index in [0.29, 0.717) is 10.7 Å². The summed E-state index contributed by atoms with van der Waals surface area (Å²) in [7, 11) is 0. The molecular formula is C19H19ClN6O2. The van der Waals surface area contributed by atoms with Gasteiger partial charge in [0.05, 0.1) is 17.1 Å². The number of hydrogen-bond donors (Lipinski definition) is 4. The van der Waals surface area contributed by atoms with Crippen molar-refractivity contribution in [3.8, 4) is 0 Å². The Kier molecular flexibility index (Phi) is 5.90. The molecule has 2 aromatic rings. The molecule has 3 rings (SSSR count). The normalized spacial score (nSPS) is 16.4. The smallest absolute Gasteiger partial charge is 0.252 e. The fourth-order valence-corrected chi connectivity index (χ4v) is 2.82. The SMILES string of the molecule is Cc1ccc(NC(=O)C[C@H]2N=C(N=C(N)Nc3ccccc3)NC2=O)c(Cl)c1. The van der Waals surface area contributed by atoms with E-state index in [0.717, 1.165) is 11.3 Å². The number of rotatable bonds is 4. The monoisotopic (exact) mass is 398 g/mol. The third-order valence-corrected chi connectivity index (χ3v) is 4.18. The van der Waals surface area contributed by atoms with Gasteiger partial charge in [0.15, 0.2) is 0 Å². The van der Waals surface area contributed by atoms with E-state index >= 15 is 0 Å². The molecule has 0 radical (unpaired) electrons. The van der Waals surface area contributed by atoms with Crippen molar-refractivity contribution < 1.29 is 9.59 Å². The summed E-state index contributed by atoms with van der Waals surface area (Å²) in [5, 5.41) is 8.50. The van der Waals surface area contributed by atoms with Gasteiger partial charge in [0, 0.05) is 5.69 Å². The molecule has 0 aromatic heterocycles. The maximum absolute atomic E-state index is 12.2. The van der Waals surface area contributed by atoms with Crippen LogP contribution in [0.5, 0.6) is 0 Å². The van der Waals surface area contributed by atoms with Gasteiger partial charge in [-0.25, -0.2) is 4.99 Å². The number of para-hydroxylation sites is 1. The number of hydrogen-bond acceptors (Lipinski definition) is 4. The first-order valence-electron chi connectivity index (χ1n) is 8.51. The van der Waals surface area contributed by atoms with Gasteiger partial charge >= 0.3 is 0 Å². The first kappa shape index (κ1) is 19.4. The molecule has 0 bridgehead atoms. The number of guanidine groups is 2. The number of nitrogens with one attached hydrogen (secondary N) is 3. The summed E-state index contributed by atoms with van der Waals surface area (Å²) in [6.45, 7) is 1.90. The Hall–Kier alpha value is -3.39. The summed E-state index contributed by atoms with van der Waals surface area (Å²) in [6.07, 6.45) is -0.138. The van der Waals surface area contributed by atoms with Crippen LogP contribution in [0, 0.1) is 6.92 Å². The van der Waals surface area contributed by atoms with E-state index in [4.69, 9.17) is 17.3 Å². The van der Waals surface area contributed by atoms with Crippen LogP contribution < -0.4 is 21.7 Å². The third kappa shape index (κ3) is 5.08. The van der Waals surface area contributed by atoms with Crippen molar-refractivity contribution in [2.24, 2.45) is 15.7 Å². The number of carbonyl (C=O) groups excluding carboxylic acids is 2. The number of aliphatic imine (C=N–C) groups is 2. The predicted octanol–water partition coefficient (Wildman–Crippen LogP) is 2.26. The summed E-state index contributed by atoms with van der Waals surface area (Å²) in [5.41, 5.74) is 8.03. The average molecular weight is 399 g/mol. The minimum absolute atomic E-state index is 0.0529. The van der Waals surface area contributed by atoms with Gasteiger partial charge < -0.3 is 16.4 Å². The molecule has 1 aliphatic heterocycles. The molecule has 0 fully saturated rings. The molecular weight excluding hydrogens is 380 g/mol. The van der Waals surface area contributed by atoms with E-state index in [-0.39, 0.29) is 24.2 Å². The summed E-state index contributed by atoms with van der Waals surface area (Å²) in [5.74, 6) is -0.675. The van der Waals surface area contributed by atoms with Gasteiger partial charge in [-0.2, -0.15) is 4.99 Å². The lowest BCUT2D eigenvalue weighted by Crippen LogP contribution is -2.32. The third-order valence-electron chi connectivity index (χ3n) is 3.87. The standard InChI is InChI=1S/C19H19ClN6O2/c1-11-7-8-14(13(20)9-11)23-16(27)10-15-17(28)25-19(24-15)26-18(21)22-12-5-3-2-4-6-12/h2-9,15H,10H2,1H3,(H,23,27)(H4,21,22,24,25,26,28)/t15-/m1/s1. The molecule has 0 aliphatic carbocycles. The molecule has 5 N–H and O–H groups in total. The molecule has 9 heteroatoms. The Morgan fingerprint density at radius 3 is 2.71 bits per heavy atom. The second kappa shape index (κ2) is 8.53. The number of nitrogens with zero attached hydrogens (tertiary/aromatic N) is 2. The number of aryl methyl sites for hydroxylation is 1. The van der Waals surface area contributed by atoms with Crippen molar-refractivity contribution in [3.63, 3.8) is 0 Å². The topological polar surface area (TPSA) is 121 Å². The van der Waals surface area contributed by atoms with Gasteiger partial charge in [0.25, 0.3) is 5.91 Å². The number of anilines is 2. The van der Waals surface area contributed by atoms with Crippen molar-refractivity contribution in [1.29, 1.82) is 0 Å². The molecule has 8 nitrogen and oxygen atoms in total. The van der Waals surface area contributed by atoms with Gasteiger partial charge in [-0.3, -0.25) is 14.9 Å². The molecule has 144 valence electrons. The zero-order chi connectivity index (χ0) is 20.1. The highest BCUT2D eigenvalue weighted by Gasteiger charge is 2.28. The Morgan fingerprint density at radius 1 is 1.25 bits per heavy atom. The van der Waals surface area contributed by atoms with E-state index in [1.54, 1.807) is 12.1 Å². The zero-order valence-corrected chi connectivity index (χ0v) is 15.8. The van der Waals surface area contributed by atoms with E-state index < -0.39 is 11.9 Å². The van der Waals surface area contributed by atoms with Crippen LogP contribution in [-0.2, 0) is 9.59 Å².